The van der Waals surface area contributed by atoms with E-state index < -0.39 is 6.10 Å². The molecule has 21 heavy (non-hydrogen) atoms. The van der Waals surface area contributed by atoms with Gasteiger partial charge in [-0.2, -0.15) is 0 Å². The Kier molecular flexibility index (Phi) is 5.76. The van der Waals surface area contributed by atoms with Crippen molar-refractivity contribution in [3.8, 4) is 0 Å². The molecule has 0 aliphatic carbocycles. The van der Waals surface area contributed by atoms with Gasteiger partial charge in [0, 0.05) is 24.1 Å². The summed E-state index contributed by atoms with van der Waals surface area (Å²) in [7, 11) is 1.61. The van der Waals surface area contributed by atoms with E-state index >= 15 is 0 Å². The van der Waals surface area contributed by atoms with Gasteiger partial charge in [-0.15, -0.1) is 11.3 Å². The highest BCUT2D eigenvalue weighted by molar-refractivity contribution is 7.16. The second-order valence-corrected chi connectivity index (χ2v) is 6.25. The molecule has 0 saturated heterocycles. The van der Waals surface area contributed by atoms with E-state index in [4.69, 9.17) is 16.3 Å². The van der Waals surface area contributed by atoms with Crippen LogP contribution in [0.5, 0.6) is 0 Å². The Bertz CT molecular complexity index is 614. The molecule has 0 saturated carbocycles. The lowest BCUT2D eigenvalue weighted by molar-refractivity contribution is 0.0917. The summed E-state index contributed by atoms with van der Waals surface area (Å²) < 4.78 is 5.65. The zero-order valence-corrected chi connectivity index (χ0v) is 13.1. The Balaban J connectivity index is 1.93. The molecule has 1 aromatic carbocycles. The first-order chi connectivity index (χ1) is 10.1. The predicted octanol–water partition coefficient (Wildman–Crippen LogP) is 3.01. The fourth-order valence-electron chi connectivity index (χ4n) is 1.87. The van der Waals surface area contributed by atoms with E-state index in [9.17, 15) is 9.90 Å². The third-order valence-electron chi connectivity index (χ3n) is 2.88. The van der Waals surface area contributed by atoms with Gasteiger partial charge in [0.2, 0.25) is 0 Å². The number of aliphatic hydroxyl groups is 1. The SMILES string of the molecule is COCc1cccc(C(=O)NCC(O)c2ccc(Cl)s2)c1. The number of halogens is 1. The third kappa shape index (κ3) is 4.54. The van der Waals surface area contributed by atoms with Gasteiger partial charge in [0.1, 0.15) is 6.10 Å². The molecule has 6 heteroatoms. The summed E-state index contributed by atoms with van der Waals surface area (Å²) in [5.41, 5.74) is 1.47. The summed E-state index contributed by atoms with van der Waals surface area (Å²) in [6.07, 6.45) is -0.756. The average Bonchev–Trinajstić information content (AvgIpc) is 2.92. The molecule has 1 amide bonds. The molecule has 112 valence electrons. The standard InChI is InChI=1S/C15H16ClNO3S/c1-20-9-10-3-2-4-11(7-10)15(19)17-8-12(18)13-5-6-14(16)21-13/h2-7,12,18H,8-9H2,1H3,(H,17,19). The zero-order chi connectivity index (χ0) is 15.2. The van der Waals surface area contributed by atoms with E-state index in [-0.39, 0.29) is 12.5 Å². The largest absolute Gasteiger partial charge is 0.386 e. The van der Waals surface area contributed by atoms with Crippen molar-refractivity contribution in [1.29, 1.82) is 0 Å². The van der Waals surface area contributed by atoms with Crippen LogP contribution in [0.4, 0.5) is 0 Å². The van der Waals surface area contributed by atoms with Crippen molar-refractivity contribution in [2.75, 3.05) is 13.7 Å². The summed E-state index contributed by atoms with van der Waals surface area (Å²) in [5, 5.41) is 12.7. The van der Waals surface area contributed by atoms with Crippen LogP contribution in [0.15, 0.2) is 36.4 Å². The quantitative estimate of drug-likeness (QED) is 0.858. The maximum atomic E-state index is 12.1. The molecule has 0 aliphatic heterocycles. The Morgan fingerprint density at radius 1 is 1.43 bits per heavy atom. The number of carbonyl (C=O) groups excluding carboxylic acids is 1. The number of ether oxygens (including phenoxy) is 1. The van der Waals surface area contributed by atoms with E-state index in [1.165, 1.54) is 11.3 Å². The van der Waals surface area contributed by atoms with Gasteiger partial charge in [-0.05, 0) is 29.8 Å². The second kappa shape index (κ2) is 7.56. The number of methoxy groups -OCH3 is 1. The van der Waals surface area contributed by atoms with Crippen LogP contribution in [0.2, 0.25) is 4.34 Å². The first-order valence-corrected chi connectivity index (χ1v) is 7.59. The van der Waals surface area contributed by atoms with Crippen molar-refractivity contribution in [2.45, 2.75) is 12.7 Å². The minimum Gasteiger partial charge on any atom is -0.386 e. The average molecular weight is 326 g/mol. The lowest BCUT2D eigenvalue weighted by atomic mass is 10.1. The van der Waals surface area contributed by atoms with E-state index in [0.717, 1.165) is 10.4 Å². The second-order valence-electron chi connectivity index (χ2n) is 4.50. The van der Waals surface area contributed by atoms with Crippen molar-refractivity contribution in [2.24, 2.45) is 0 Å². The number of thiophene rings is 1. The molecular weight excluding hydrogens is 310 g/mol. The lowest BCUT2D eigenvalue weighted by Crippen LogP contribution is -2.28. The number of benzene rings is 1. The molecule has 4 nitrogen and oxygen atoms in total. The van der Waals surface area contributed by atoms with Crippen LogP contribution in [-0.4, -0.2) is 24.7 Å². The lowest BCUT2D eigenvalue weighted by Gasteiger charge is -2.11. The van der Waals surface area contributed by atoms with Crippen molar-refractivity contribution < 1.29 is 14.6 Å². The van der Waals surface area contributed by atoms with Crippen LogP contribution in [-0.2, 0) is 11.3 Å². The molecule has 1 aromatic heterocycles. The van der Waals surface area contributed by atoms with Gasteiger partial charge in [-0.1, -0.05) is 23.7 Å². The predicted molar refractivity (Wildman–Crippen MR) is 83.8 cm³/mol. The molecule has 0 fully saturated rings. The summed E-state index contributed by atoms with van der Waals surface area (Å²) in [6, 6.07) is 10.7. The first-order valence-electron chi connectivity index (χ1n) is 6.39. The molecule has 2 rings (SSSR count). The van der Waals surface area contributed by atoms with Gasteiger partial charge in [0.25, 0.3) is 5.91 Å². The maximum absolute atomic E-state index is 12.1. The summed E-state index contributed by atoms with van der Waals surface area (Å²) >= 11 is 7.12. The number of aliphatic hydroxyl groups excluding tert-OH is 1. The molecule has 1 atom stereocenters. The number of nitrogens with one attached hydrogen (secondary N) is 1. The molecule has 0 bridgehead atoms. The highest BCUT2D eigenvalue weighted by atomic mass is 35.5. The topological polar surface area (TPSA) is 58.6 Å². The molecule has 2 N–H and O–H groups in total. The Hall–Kier alpha value is -1.40. The van der Waals surface area contributed by atoms with Crippen LogP contribution >= 0.6 is 22.9 Å². The Labute approximate surface area is 132 Å². The zero-order valence-electron chi connectivity index (χ0n) is 11.5. The van der Waals surface area contributed by atoms with E-state index in [1.54, 1.807) is 37.4 Å². The number of carbonyl (C=O) groups is 1. The fraction of sp³-hybridized carbons (Fsp3) is 0.267. The fourth-order valence-corrected chi connectivity index (χ4v) is 2.92. The monoisotopic (exact) mass is 325 g/mol. The van der Waals surface area contributed by atoms with Gasteiger partial charge in [-0.25, -0.2) is 0 Å². The van der Waals surface area contributed by atoms with Crippen LogP contribution in [0.25, 0.3) is 0 Å². The highest BCUT2D eigenvalue weighted by Crippen LogP contribution is 2.26. The Morgan fingerprint density at radius 3 is 2.90 bits per heavy atom. The van der Waals surface area contributed by atoms with Crippen molar-refractivity contribution in [3.63, 3.8) is 0 Å². The van der Waals surface area contributed by atoms with Crippen LogP contribution < -0.4 is 5.32 Å². The number of hydrogen-bond donors (Lipinski definition) is 2. The summed E-state index contributed by atoms with van der Waals surface area (Å²) in [4.78, 5) is 12.8. The van der Waals surface area contributed by atoms with E-state index in [2.05, 4.69) is 5.32 Å². The molecule has 1 unspecified atom stereocenters. The molecule has 0 spiro atoms. The molecule has 0 aliphatic rings. The normalized spacial score (nSPS) is 12.1. The van der Waals surface area contributed by atoms with Crippen molar-refractivity contribution >= 4 is 28.8 Å². The number of rotatable bonds is 6. The molecule has 0 radical (unpaired) electrons. The minimum absolute atomic E-state index is 0.143. The van der Waals surface area contributed by atoms with Gasteiger partial charge in [0.05, 0.1) is 10.9 Å². The van der Waals surface area contributed by atoms with Gasteiger partial charge in [-0.3, -0.25) is 4.79 Å². The smallest absolute Gasteiger partial charge is 0.251 e. The van der Waals surface area contributed by atoms with Crippen molar-refractivity contribution in [3.05, 3.63) is 56.7 Å². The molecular formula is C15H16ClNO3S. The van der Waals surface area contributed by atoms with E-state index in [1.807, 2.05) is 6.07 Å². The number of amides is 1. The highest BCUT2D eigenvalue weighted by Gasteiger charge is 2.13. The first kappa shape index (κ1) is 16.0. The minimum atomic E-state index is -0.756. The van der Waals surface area contributed by atoms with Crippen molar-refractivity contribution in [1.82, 2.24) is 5.32 Å². The van der Waals surface area contributed by atoms with Gasteiger partial charge in [0.15, 0.2) is 0 Å². The van der Waals surface area contributed by atoms with Crippen LogP contribution in [0.3, 0.4) is 0 Å². The summed E-state index contributed by atoms with van der Waals surface area (Å²) in [6.45, 7) is 0.599. The van der Waals surface area contributed by atoms with Crippen LogP contribution in [0, 0.1) is 0 Å². The summed E-state index contributed by atoms with van der Waals surface area (Å²) in [5.74, 6) is -0.227. The van der Waals surface area contributed by atoms with Gasteiger partial charge >= 0.3 is 0 Å². The Morgan fingerprint density at radius 2 is 2.24 bits per heavy atom. The van der Waals surface area contributed by atoms with E-state index in [0.29, 0.717) is 16.5 Å². The third-order valence-corrected chi connectivity index (χ3v) is 4.21. The van der Waals surface area contributed by atoms with Crippen LogP contribution in [0.1, 0.15) is 26.9 Å². The molecule has 2 aromatic rings. The number of hydrogen-bond acceptors (Lipinski definition) is 4. The maximum Gasteiger partial charge on any atom is 0.251 e. The van der Waals surface area contributed by atoms with Gasteiger partial charge < -0.3 is 15.2 Å². The molecule has 1 heterocycles.